The van der Waals surface area contributed by atoms with E-state index >= 15 is 0 Å². The molecule has 1 aliphatic carbocycles. The summed E-state index contributed by atoms with van der Waals surface area (Å²) in [4.78, 5) is 2.46. The maximum atomic E-state index is 5.83. The van der Waals surface area contributed by atoms with Gasteiger partial charge in [0.25, 0.3) is 0 Å². The molecule has 3 N–H and O–H groups in total. The van der Waals surface area contributed by atoms with Gasteiger partial charge in [0, 0.05) is 30.0 Å². The number of nitrogens with one attached hydrogen (secondary N) is 1. The van der Waals surface area contributed by atoms with Gasteiger partial charge >= 0.3 is 0 Å². The van der Waals surface area contributed by atoms with Crippen LogP contribution in [0.15, 0.2) is 18.2 Å². The fourth-order valence-corrected chi connectivity index (χ4v) is 2.17. The zero-order chi connectivity index (χ0) is 12.4. The first-order valence-electron chi connectivity index (χ1n) is 6.39. The fraction of sp³-hybridized carbons (Fsp3) is 0.571. The predicted molar refractivity (Wildman–Crippen MR) is 74.3 cm³/mol. The summed E-state index contributed by atoms with van der Waals surface area (Å²) in [5, 5.41) is 3.47. The van der Waals surface area contributed by atoms with Crippen molar-refractivity contribution in [2.75, 3.05) is 24.6 Å². The van der Waals surface area contributed by atoms with Gasteiger partial charge in [0.1, 0.15) is 0 Å². The molecular formula is C14H23N3. The third-order valence-corrected chi connectivity index (χ3v) is 3.52. The summed E-state index contributed by atoms with van der Waals surface area (Å²) in [5.74, 6) is 0. The zero-order valence-electron chi connectivity index (χ0n) is 11.0. The van der Waals surface area contributed by atoms with Crippen LogP contribution >= 0.6 is 0 Å². The molecule has 1 atom stereocenters. The van der Waals surface area contributed by atoms with E-state index in [9.17, 15) is 0 Å². The summed E-state index contributed by atoms with van der Waals surface area (Å²) in [6.07, 6.45) is 2.72. The highest BCUT2D eigenvalue weighted by atomic mass is 15.2. The van der Waals surface area contributed by atoms with Gasteiger partial charge in [-0.05, 0) is 57.5 Å². The number of anilines is 2. The van der Waals surface area contributed by atoms with Crippen molar-refractivity contribution in [2.45, 2.75) is 38.8 Å². The summed E-state index contributed by atoms with van der Waals surface area (Å²) in [7, 11) is 2.22. The minimum atomic E-state index is 0.559. The molecule has 0 saturated heterocycles. The Morgan fingerprint density at radius 3 is 2.71 bits per heavy atom. The standard InChI is InChI=1S/C14H23N3/c1-10-6-12(15)8-13(7-10)16-9-11(2)17(3)14-4-5-14/h6-8,11,14,16H,4-5,9,15H2,1-3H3. The monoisotopic (exact) mass is 233 g/mol. The molecule has 1 aliphatic rings. The number of rotatable bonds is 5. The van der Waals surface area contributed by atoms with Crippen LogP contribution in [-0.4, -0.2) is 30.6 Å². The second-order valence-corrected chi connectivity index (χ2v) is 5.26. The third-order valence-electron chi connectivity index (χ3n) is 3.52. The van der Waals surface area contributed by atoms with Gasteiger partial charge in [0.2, 0.25) is 0 Å². The minimum absolute atomic E-state index is 0.559. The summed E-state index contributed by atoms with van der Waals surface area (Å²) >= 11 is 0. The number of aryl methyl sites for hydroxylation is 1. The molecule has 0 aliphatic heterocycles. The van der Waals surface area contributed by atoms with E-state index in [4.69, 9.17) is 5.73 Å². The van der Waals surface area contributed by atoms with Gasteiger partial charge in [-0.15, -0.1) is 0 Å². The van der Waals surface area contributed by atoms with Crippen molar-refractivity contribution in [2.24, 2.45) is 0 Å². The van der Waals surface area contributed by atoms with E-state index in [1.807, 2.05) is 12.1 Å². The van der Waals surface area contributed by atoms with Gasteiger partial charge in [0.05, 0.1) is 0 Å². The van der Waals surface area contributed by atoms with Crippen molar-refractivity contribution in [1.82, 2.24) is 4.90 Å². The lowest BCUT2D eigenvalue weighted by molar-refractivity contribution is 0.257. The van der Waals surface area contributed by atoms with Crippen LogP contribution in [0.3, 0.4) is 0 Å². The number of hydrogen-bond donors (Lipinski definition) is 2. The highest BCUT2D eigenvalue weighted by Crippen LogP contribution is 2.27. The van der Waals surface area contributed by atoms with Gasteiger partial charge in [-0.3, -0.25) is 4.90 Å². The van der Waals surface area contributed by atoms with Gasteiger partial charge in [-0.2, -0.15) is 0 Å². The fourth-order valence-electron chi connectivity index (χ4n) is 2.17. The number of nitrogens with zero attached hydrogens (tertiary/aromatic N) is 1. The van der Waals surface area contributed by atoms with Crippen LogP contribution in [0.4, 0.5) is 11.4 Å². The second-order valence-electron chi connectivity index (χ2n) is 5.26. The van der Waals surface area contributed by atoms with E-state index in [1.54, 1.807) is 0 Å². The van der Waals surface area contributed by atoms with Crippen LogP contribution in [0.1, 0.15) is 25.3 Å². The zero-order valence-corrected chi connectivity index (χ0v) is 11.0. The van der Waals surface area contributed by atoms with Crippen LogP contribution in [0.25, 0.3) is 0 Å². The molecule has 2 rings (SSSR count). The second kappa shape index (κ2) is 4.96. The Morgan fingerprint density at radius 1 is 1.41 bits per heavy atom. The molecule has 3 nitrogen and oxygen atoms in total. The number of hydrogen-bond acceptors (Lipinski definition) is 3. The van der Waals surface area contributed by atoms with Crippen LogP contribution in [0.2, 0.25) is 0 Å². The Kier molecular flexibility index (Phi) is 3.57. The van der Waals surface area contributed by atoms with Crippen LogP contribution in [0.5, 0.6) is 0 Å². The average Bonchev–Trinajstić information content (AvgIpc) is 3.07. The summed E-state index contributed by atoms with van der Waals surface area (Å²) in [6.45, 7) is 5.31. The molecule has 3 heteroatoms. The normalized spacial score (nSPS) is 17.2. The van der Waals surface area contributed by atoms with E-state index in [-0.39, 0.29) is 0 Å². The third kappa shape index (κ3) is 3.37. The largest absolute Gasteiger partial charge is 0.399 e. The van der Waals surface area contributed by atoms with Crippen molar-refractivity contribution >= 4 is 11.4 Å². The molecule has 17 heavy (non-hydrogen) atoms. The molecule has 94 valence electrons. The molecule has 0 aromatic heterocycles. The van der Waals surface area contributed by atoms with E-state index in [0.29, 0.717) is 6.04 Å². The Balaban J connectivity index is 1.88. The molecule has 0 spiro atoms. The highest BCUT2D eigenvalue weighted by Gasteiger charge is 2.28. The quantitative estimate of drug-likeness (QED) is 0.768. The smallest absolute Gasteiger partial charge is 0.0364 e. The van der Waals surface area contributed by atoms with Crippen LogP contribution in [-0.2, 0) is 0 Å². The van der Waals surface area contributed by atoms with Crippen molar-refractivity contribution in [1.29, 1.82) is 0 Å². The maximum absolute atomic E-state index is 5.83. The Hall–Kier alpha value is -1.22. The lowest BCUT2D eigenvalue weighted by atomic mass is 10.2. The molecule has 0 bridgehead atoms. The first-order chi connectivity index (χ1) is 8.06. The Bertz CT molecular complexity index is 365. The number of likely N-dealkylation sites (N-methyl/N-ethyl adjacent to an activating group) is 1. The van der Waals surface area contributed by atoms with Crippen molar-refractivity contribution in [3.63, 3.8) is 0 Å². The lowest BCUT2D eigenvalue weighted by Crippen LogP contribution is -2.36. The number of benzene rings is 1. The van der Waals surface area contributed by atoms with Crippen molar-refractivity contribution in [3.05, 3.63) is 23.8 Å². The summed E-state index contributed by atoms with van der Waals surface area (Å²) in [6, 6.07) is 7.50. The average molecular weight is 233 g/mol. The molecule has 0 radical (unpaired) electrons. The first kappa shape index (κ1) is 12.2. The molecule has 1 aromatic carbocycles. The van der Waals surface area contributed by atoms with Crippen LogP contribution in [0, 0.1) is 6.92 Å². The van der Waals surface area contributed by atoms with Crippen LogP contribution < -0.4 is 11.1 Å². The Labute approximate surface area is 104 Å². The number of nitrogens with two attached hydrogens (primary N) is 1. The summed E-state index contributed by atoms with van der Waals surface area (Å²) in [5.41, 5.74) is 8.99. The molecule has 0 heterocycles. The Morgan fingerprint density at radius 2 is 2.12 bits per heavy atom. The molecule has 1 saturated carbocycles. The van der Waals surface area contributed by atoms with E-state index in [0.717, 1.165) is 24.0 Å². The minimum Gasteiger partial charge on any atom is -0.399 e. The van der Waals surface area contributed by atoms with E-state index < -0.39 is 0 Å². The molecule has 1 aromatic rings. The maximum Gasteiger partial charge on any atom is 0.0364 e. The van der Waals surface area contributed by atoms with Crippen molar-refractivity contribution in [3.8, 4) is 0 Å². The molecule has 0 amide bonds. The van der Waals surface area contributed by atoms with Crippen molar-refractivity contribution < 1.29 is 0 Å². The highest BCUT2D eigenvalue weighted by molar-refractivity contribution is 5.56. The van der Waals surface area contributed by atoms with Gasteiger partial charge < -0.3 is 11.1 Å². The summed E-state index contributed by atoms with van der Waals surface area (Å²) < 4.78 is 0. The lowest BCUT2D eigenvalue weighted by Gasteiger charge is -2.25. The molecular weight excluding hydrogens is 210 g/mol. The van der Waals surface area contributed by atoms with E-state index in [2.05, 4.69) is 37.2 Å². The van der Waals surface area contributed by atoms with Gasteiger partial charge in [-0.25, -0.2) is 0 Å². The SMILES string of the molecule is Cc1cc(N)cc(NCC(C)N(C)C2CC2)c1. The molecule has 1 unspecified atom stereocenters. The predicted octanol–water partition coefficient (Wildman–Crippen LogP) is 2.47. The van der Waals surface area contributed by atoms with Gasteiger partial charge in [-0.1, -0.05) is 0 Å². The first-order valence-corrected chi connectivity index (χ1v) is 6.39. The topological polar surface area (TPSA) is 41.3 Å². The van der Waals surface area contributed by atoms with Gasteiger partial charge in [0.15, 0.2) is 0 Å². The number of nitrogen functional groups attached to an aromatic ring is 1. The molecule has 1 fully saturated rings. The van der Waals surface area contributed by atoms with E-state index in [1.165, 1.54) is 18.4 Å².